The van der Waals surface area contributed by atoms with Crippen molar-refractivity contribution in [2.45, 2.75) is 6.54 Å². The van der Waals surface area contributed by atoms with Gasteiger partial charge in [0.1, 0.15) is 0 Å². The summed E-state index contributed by atoms with van der Waals surface area (Å²) in [4.78, 5) is 22.5. The smallest absolute Gasteiger partial charge is 0.337 e. The number of carbonyl (C=O) groups is 2. The first-order valence-electron chi connectivity index (χ1n) is 5.09. The number of carbonyl (C=O) groups excluding carboxylic acids is 2. The van der Waals surface area contributed by atoms with Crippen LogP contribution < -0.4 is 5.32 Å². The van der Waals surface area contributed by atoms with Crippen molar-refractivity contribution < 1.29 is 14.3 Å². The van der Waals surface area contributed by atoms with Crippen LogP contribution in [0.3, 0.4) is 0 Å². The highest BCUT2D eigenvalue weighted by atomic mass is 79.9. The third kappa shape index (κ3) is 3.87. The number of nitrogens with one attached hydrogen (secondary N) is 1. The molecule has 0 aliphatic carbocycles. The van der Waals surface area contributed by atoms with Crippen molar-refractivity contribution in [3.8, 4) is 0 Å². The summed E-state index contributed by atoms with van der Waals surface area (Å²) in [6.45, 7) is 3.66. The van der Waals surface area contributed by atoms with E-state index < -0.39 is 5.97 Å². The Hall–Kier alpha value is -1.84. The molecule has 1 rings (SSSR count). The van der Waals surface area contributed by atoms with E-state index in [1.54, 1.807) is 18.2 Å². The van der Waals surface area contributed by atoms with Crippen molar-refractivity contribution in [2.75, 3.05) is 7.11 Å². The van der Waals surface area contributed by atoms with Crippen molar-refractivity contribution in [2.24, 2.45) is 0 Å². The molecule has 0 atom stereocenters. The Balaban J connectivity index is 2.77. The fraction of sp³-hybridized carbons (Fsp3) is 0.154. The average Bonchev–Trinajstić information content (AvgIpc) is 2.36. The predicted octanol–water partition coefficient (Wildman–Crippen LogP) is 2.19. The summed E-state index contributed by atoms with van der Waals surface area (Å²) in [6, 6.07) is 5.03. The van der Waals surface area contributed by atoms with Gasteiger partial charge in [-0.3, -0.25) is 4.79 Å². The van der Waals surface area contributed by atoms with E-state index in [9.17, 15) is 9.59 Å². The molecule has 0 aliphatic rings. The summed E-state index contributed by atoms with van der Waals surface area (Å²) >= 11 is 3.34. The number of esters is 1. The molecular weight excluding hydrogens is 298 g/mol. The monoisotopic (exact) mass is 309 g/mol. The molecule has 0 heterocycles. The van der Waals surface area contributed by atoms with Crippen LogP contribution in [0.5, 0.6) is 0 Å². The molecule has 0 spiro atoms. The molecule has 0 aromatic heterocycles. The van der Waals surface area contributed by atoms with Crippen LogP contribution in [0.2, 0.25) is 0 Å². The lowest BCUT2D eigenvalue weighted by Gasteiger charge is -2.07. The Labute approximate surface area is 113 Å². The quantitative estimate of drug-likeness (QED) is 0.527. The van der Waals surface area contributed by atoms with Gasteiger partial charge in [-0.1, -0.05) is 28.6 Å². The maximum atomic E-state index is 11.3. The first kappa shape index (κ1) is 14.2. The minimum absolute atomic E-state index is 0.269. The van der Waals surface area contributed by atoms with Gasteiger partial charge in [0, 0.05) is 17.1 Å². The van der Waals surface area contributed by atoms with E-state index in [1.165, 1.54) is 13.2 Å². The van der Waals surface area contributed by atoms with Crippen molar-refractivity contribution in [3.05, 3.63) is 52.2 Å². The Morgan fingerprint density at radius 3 is 2.83 bits per heavy atom. The van der Waals surface area contributed by atoms with Crippen molar-refractivity contribution in [1.82, 2.24) is 5.32 Å². The second-order valence-corrected chi connectivity index (χ2v) is 4.22. The van der Waals surface area contributed by atoms with Gasteiger partial charge in [-0.2, -0.15) is 0 Å². The predicted molar refractivity (Wildman–Crippen MR) is 71.0 cm³/mol. The zero-order valence-corrected chi connectivity index (χ0v) is 11.4. The van der Waals surface area contributed by atoms with E-state index in [0.29, 0.717) is 12.1 Å². The van der Waals surface area contributed by atoms with Crippen molar-refractivity contribution >= 4 is 27.8 Å². The van der Waals surface area contributed by atoms with Crippen LogP contribution in [0.1, 0.15) is 15.9 Å². The standard InChI is InChI=1S/C13H12BrNO3/c1-3-4-12(16)15-8-10-6-5-9(7-11(10)14)13(17)18-2/h4-7H,1,8H2,2H3,(H,15,16). The molecule has 5 heteroatoms. The Bertz CT molecular complexity index is 519. The molecule has 1 amide bonds. The first-order chi connectivity index (χ1) is 8.58. The number of amides is 1. The molecule has 94 valence electrons. The van der Waals surface area contributed by atoms with Gasteiger partial charge in [-0.15, -0.1) is 5.73 Å². The van der Waals surface area contributed by atoms with Gasteiger partial charge in [0.25, 0.3) is 5.91 Å². The summed E-state index contributed by atoms with van der Waals surface area (Å²) in [6.07, 6.45) is 1.22. The maximum absolute atomic E-state index is 11.3. The second-order valence-electron chi connectivity index (χ2n) is 3.36. The lowest BCUT2D eigenvalue weighted by molar-refractivity contribution is -0.116. The lowest BCUT2D eigenvalue weighted by atomic mass is 10.1. The van der Waals surface area contributed by atoms with Gasteiger partial charge in [-0.05, 0) is 17.7 Å². The fourth-order valence-electron chi connectivity index (χ4n) is 1.26. The number of ether oxygens (including phenoxy) is 1. The van der Waals surface area contributed by atoms with E-state index in [0.717, 1.165) is 10.0 Å². The Morgan fingerprint density at radius 2 is 2.28 bits per heavy atom. The van der Waals surface area contributed by atoms with Crippen LogP contribution in [0, 0.1) is 0 Å². The molecule has 0 saturated carbocycles. The molecule has 0 saturated heterocycles. The topological polar surface area (TPSA) is 55.4 Å². The van der Waals surface area contributed by atoms with E-state index in [-0.39, 0.29) is 5.91 Å². The second kappa shape index (κ2) is 6.79. The van der Waals surface area contributed by atoms with E-state index in [4.69, 9.17) is 0 Å². The number of hydrogen-bond donors (Lipinski definition) is 1. The normalized spacial score (nSPS) is 9.22. The molecule has 0 bridgehead atoms. The molecule has 18 heavy (non-hydrogen) atoms. The lowest BCUT2D eigenvalue weighted by Crippen LogP contribution is -2.20. The van der Waals surface area contributed by atoms with Crippen LogP contribution >= 0.6 is 15.9 Å². The minimum Gasteiger partial charge on any atom is -0.465 e. The number of methoxy groups -OCH3 is 1. The summed E-state index contributed by atoms with van der Waals surface area (Å²) in [5, 5.41) is 2.66. The number of halogens is 1. The number of hydrogen-bond acceptors (Lipinski definition) is 3. The SMILES string of the molecule is C=C=CC(=O)NCc1ccc(C(=O)OC)cc1Br. The zero-order valence-electron chi connectivity index (χ0n) is 9.83. The molecule has 0 unspecified atom stereocenters. The maximum Gasteiger partial charge on any atom is 0.337 e. The third-order valence-corrected chi connectivity index (χ3v) is 2.90. The van der Waals surface area contributed by atoms with Crippen molar-refractivity contribution in [3.63, 3.8) is 0 Å². The third-order valence-electron chi connectivity index (χ3n) is 2.16. The largest absolute Gasteiger partial charge is 0.465 e. The Kier molecular flexibility index (Phi) is 5.36. The summed E-state index contributed by atoms with van der Waals surface area (Å²) in [5.74, 6) is -0.671. The Morgan fingerprint density at radius 1 is 1.56 bits per heavy atom. The molecular formula is C13H12BrNO3. The molecule has 0 radical (unpaired) electrons. The highest BCUT2D eigenvalue weighted by Crippen LogP contribution is 2.19. The zero-order chi connectivity index (χ0) is 13.5. The molecule has 0 fully saturated rings. The van der Waals surface area contributed by atoms with Gasteiger partial charge in [-0.25, -0.2) is 4.79 Å². The van der Waals surface area contributed by atoms with Crippen LogP contribution in [-0.4, -0.2) is 19.0 Å². The van der Waals surface area contributed by atoms with Crippen LogP contribution in [-0.2, 0) is 16.1 Å². The van der Waals surface area contributed by atoms with Gasteiger partial charge >= 0.3 is 5.97 Å². The number of benzene rings is 1. The number of rotatable bonds is 4. The highest BCUT2D eigenvalue weighted by Gasteiger charge is 2.08. The first-order valence-corrected chi connectivity index (χ1v) is 5.88. The van der Waals surface area contributed by atoms with Crippen molar-refractivity contribution in [1.29, 1.82) is 0 Å². The molecule has 0 aliphatic heterocycles. The summed E-state index contributed by atoms with van der Waals surface area (Å²) < 4.78 is 5.34. The van der Waals surface area contributed by atoms with Crippen LogP contribution in [0.4, 0.5) is 0 Å². The van der Waals surface area contributed by atoms with Crippen LogP contribution in [0.25, 0.3) is 0 Å². The van der Waals surface area contributed by atoms with Gasteiger partial charge < -0.3 is 10.1 Å². The molecule has 1 aromatic rings. The minimum atomic E-state index is -0.402. The van der Waals surface area contributed by atoms with Gasteiger partial charge in [0.15, 0.2) is 0 Å². The van der Waals surface area contributed by atoms with E-state index in [2.05, 4.69) is 38.3 Å². The highest BCUT2D eigenvalue weighted by molar-refractivity contribution is 9.10. The van der Waals surface area contributed by atoms with Gasteiger partial charge in [0.2, 0.25) is 0 Å². The molecule has 1 aromatic carbocycles. The average molecular weight is 310 g/mol. The van der Waals surface area contributed by atoms with E-state index >= 15 is 0 Å². The van der Waals surface area contributed by atoms with Crippen LogP contribution in [0.15, 0.2) is 41.1 Å². The van der Waals surface area contributed by atoms with Gasteiger partial charge in [0.05, 0.1) is 12.7 Å². The summed E-state index contributed by atoms with van der Waals surface area (Å²) in [7, 11) is 1.33. The summed E-state index contributed by atoms with van der Waals surface area (Å²) in [5.41, 5.74) is 3.69. The fourth-order valence-corrected chi connectivity index (χ4v) is 1.78. The van der Waals surface area contributed by atoms with E-state index in [1.807, 2.05) is 0 Å². The molecule has 1 N–H and O–H groups in total. The molecule has 4 nitrogen and oxygen atoms in total.